The molecule has 0 aliphatic rings. The largest absolute Gasteiger partial charge is 0.322 e. The normalized spacial score (nSPS) is 10.7. The van der Waals surface area contributed by atoms with Gasteiger partial charge in [-0.25, -0.2) is 9.37 Å². The SMILES string of the molecule is Cc1cccc(C(=O)Nc2ccc3ncsc3c2)c1F. The van der Waals surface area contributed by atoms with Crippen LogP contribution in [0.2, 0.25) is 0 Å². The molecule has 0 atom stereocenters. The Hall–Kier alpha value is -2.27. The van der Waals surface area contributed by atoms with E-state index in [-0.39, 0.29) is 5.56 Å². The average molecular weight is 286 g/mol. The van der Waals surface area contributed by atoms with Crippen LogP contribution in [0.15, 0.2) is 41.9 Å². The molecule has 3 aromatic rings. The molecule has 100 valence electrons. The monoisotopic (exact) mass is 286 g/mol. The van der Waals surface area contributed by atoms with Crippen LogP contribution in [0.25, 0.3) is 10.2 Å². The molecule has 3 nitrogen and oxygen atoms in total. The lowest BCUT2D eigenvalue weighted by molar-refractivity contribution is 0.102. The predicted octanol–water partition coefficient (Wildman–Crippen LogP) is 4.00. The number of thiazole rings is 1. The first-order valence-electron chi connectivity index (χ1n) is 6.05. The molecule has 1 heterocycles. The number of hydrogen-bond donors (Lipinski definition) is 1. The van der Waals surface area contributed by atoms with Gasteiger partial charge in [0.1, 0.15) is 5.82 Å². The Bertz CT molecular complexity index is 797. The summed E-state index contributed by atoms with van der Waals surface area (Å²) in [7, 11) is 0. The van der Waals surface area contributed by atoms with E-state index in [2.05, 4.69) is 10.3 Å². The summed E-state index contributed by atoms with van der Waals surface area (Å²) in [4.78, 5) is 16.3. The van der Waals surface area contributed by atoms with Crippen molar-refractivity contribution in [2.24, 2.45) is 0 Å². The maximum absolute atomic E-state index is 13.9. The van der Waals surface area contributed by atoms with Crippen molar-refractivity contribution in [1.82, 2.24) is 4.98 Å². The van der Waals surface area contributed by atoms with Gasteiger partial charge in [0, 0.05) is 5.69 Å². The number of carbonyl (C=O) groups is 1. The van der Waals surface area contributed by atoms with Crippen LogP contribution in [0.4, 0.5) is 10.1 Å². The number of nitrogens with zero attached hydrogens (tertiary/aromatic N) is 1. The Kier molecular flexibility index (Phi) is 3.20. The van der Waals surface area contributed by atoms with Gasteiger partial charge in [0.15, 0.2) is 0 Å². The number of aryl methyl sites for hydroxylation is 1. The molecule has 2 aromatic carbocycles. The van der Waals surface area contributed by atoms with Crippen LogP contribution in [0.5, 0.6) is 0 Å². The summed E-state index contributed by atoms with van der Waals surface area (Å²) in [5, 5.41) is 2.71. The van der Waals surface area contributed by atoms with Gasteiger partial charge in [-0.05, 0) is 36.8 Å². The van der Waals surface area contributed by atoms with Crippen molar-refractivity contribution >= 4 is 33.1 Å². The van der Waals surface area contributed by atoms with Crippen LogP contribution in [-0.4, -0.2) is 10.9 Å². The van der Waals surface area contributed by atoms with Crippen molar-refractivity contribution in [1.29, 1.82) is 0 Å². The number of aromatic nitrogens is 1. The van der Waals surface area contributed by atoms with E-state index < -0.39 is 11.7 Å². The number of nitrogens with one attached hydrogen (secondary N) is 1. The predicted molar refractivity (Wildman–Crippen MR) is 78.7 cm³/mol. The third-order valence-corrected chi connectivity index (χ3v) is 3.82. The van der Waals surface area contributed by atoms with Crippen LogP contribution >= 0.6 is 11.3 Å². The van der Waals surface area contributed by atoms with Gasteiger partial charge in [-0.2, -0.15) is 0 Å². The number of rotatable bonds is 2. The van der Waals surface area contributed by atoms with Gasteiger partial charge < -0.3 is 5.32 Å². The second-order valence-electron chi connectivity index (χ2n) is 4.43. The first-order valence-corrected chi connectivity index (χ1v) is 6.93. The minimum Gasteiger partial charge on any atom is -0.322 e. The van der Waals surface area contributed by atoms with Crippen molar-refractivity contribution in [2.45, 2.75) is 6.92 Å². The highest BCUT2D eigenvalue weighted by Crippen LogP contribution is 2.22. The average Bonchev–Trinajstić information content (AvgIpc) is 2.89. The van der Waals surface area contributed by atoms with E-state index in [1.165, 1.54) is 17.4 Å². The van der Waals surface area contributed by atoms with Crippen molar-refractivity contribution in [3.8, 4) is 0 Å². The molecule has 0 spiro atoms. The fourth-order valence-corrected chi connectivity index (χ4v) is 2.67. The molecular formula is C15H11FN2OS. The summed E-state index contributed by atoms with van der Waals surface area (Å²) in [5.41, 5.74) is 3.77. The van der Waals surface area contributed by atoms with Gasteiger partial charge in [0.2, 0.25) is 0 Å². The van der Waals surface area contributed by atoms with Crippen molar-refractivity contribution in [3.63, 3.8) is 0 Å². The molecule has 3 rings (SSSR count). The third-order valence-electron chi connectivity index (χ3n) is 3.03. The summed E-state index contributed by atoms with van der Waals surface area (Å²) in [6.45, 7) is 1.63. The summed E-state index contributed by atoms with van der Waals surface area (Å²) < 4.78 is 14.9. The number of hydrogen-bond acceptors (Lipinski definition) is 3. The molecule has 5 heteroatoms. The quantitative estimate of drug-likeness (QED) is 0.773. The van der Waals surface area contributed by atoms with Crippen molar-refractivity contribution in [2.75, 3.05) is 5.32 Å². The lowest BCUT2D eigenvalue weighted by Gasteiger charge is -2.07. The summed E-state index contributed by atoms with van der Waals surface area (Å²) >= 11 is 1.49. The molecule has 0 fully saturated rings. The number of amides is 1. The van der Waals surface area contributed by atoms with Crippen molar-refractivity contribution < 1.29 is 9.18 Å². The van der Waals surface area contributed by atoms with E-state index in [1.54, 1.807) is 30.6 Å². The Morgan fingerprint density at radius 3 is 3.00 bits per heavy atom. The highest BCUT2D eigenvalue weighted by molar-refractivity contribution is 7.16. The fourth-order valence-electron chi connectivity index (χ4n) is 1.95. The zero-order valence-electron chi connectivity index (χ0n) is 10.7. The minimum absolute atomic E-state index is 0.0504. The number of halogens is 1. The molecule has 0 saturated carbocycles. The molecule has 1 amide bonds. The summed E-state index contributed by atoms with van der Waals surface area (Å²) in [5.74, 6) is -0.932. The van der Waals surface area contributed by atoms with Gasteiger partial charge >= 0.3 is 0 Å². The highest BCUT2D eigenvalue weighted by Gasteiger charge is 2.13. The molecular weight excluding hydrogens is 275 g/mol. The lowest BCUT2D eigenvalue weighted by Crippen LogP contribution is -2.14. The van der Waals surface area contributed by atoms with Gasteiger partial charge in [-0.3, -0.25) is 4.79 Å². The van der Waals surface area contributed by atoms with Crippen molar-refractivity contribution in [3.05, 3.63) is 58.9 Å². The van der Waals surface area contributed by atoms with Gasteiger partial charge in [0.05, 0.1) is 21.3 Å². The Balaban J connectivity index is 1.90. The van der Waals surface area contributed by atoms with Gasteiger partial charge in [-0.1, -0.05) is 12.1 Å². The van der Waals surface area contributed by atoms with Crippen LogP contribution in [-0.2, 0) is 0 Å². The first-order chi connectivity index (χ1) is 9.65. The zero-order chi connectivity index (χ0) is 14.1. The minimum atomic E-state index is -0.483. The molecule has 0 aliphatic heterocycles. The molecule has 1 N–H and O–H groups in total. The third kappa shape index (κ3) is 2.28. The summed E-state index contributed by atoms with van der Waals surface area (Å²) in [6, 6.07) is 10.2. The standard InChI is InChI=1S/C15H11FN2OS/c1-9-3-2-4-11(14(9)16)15(19)18-10-5-6-12-13(7-10)20-8-17-12/h2-8H,1H3,(H,18,19). The maximum atomic E-state index is 13.9. The molecule has 1 aromatic heterocycles. The smallest absolute Gasteiger partial charge is 0.258 e. The molecule has 0 aliphatic carbocycles. The van der Waals surface area contributed by atoms with Crippen LogP contribution < -0.4 is 5.32 Å². The Morgan fingerprint density at radius 1 is 1.30 bits per heavy atom. The number of benzene rings is 2. The number of carbonyl (C=O) groups excluding carboxylic acids is 1. The van der Waals surface area contributed by atoms with E-state index in [9.17, 15) is 9.18 Å². The van der Waals surface area contributed by atoms with Gasteiger partial charge in [-0.15, -0.1) is 11.3 Å². The zero-order valence-corrected chi connectivity index (χ0v) is 11.5. The second-order valence-corrected chi connectivity index (χ2v) is 5.31. The molecule has 0 saturated heterocycles. The molecule has 0 bridgehead atoms. The van der Waals surface area contributed by atoms with Crippen LogP contribution in [0.3, 0.4) is 0 Å². The van der Waals surface area contributed by atoms with E-state index in [1.807, 2.05) is 12.1 Å². The van der Waals surface area contributed by atoms with Crippen LogP contribution in [0.1, 0.15) is 15.9 Å². The topological polar surface area (TPSA) is 42.0 Å². The maximum Gasteiger partial charge on any atom is 0.258 e. The molecule has 0 radical (unpaired) electrons. The van der Waals surface area contributed by atoms with Crippen LogP contribution in [0, 0.1) is 12.7 Å². The lowest BCUT2D eigenvalue weighted by atomic mass is 10.1. The number of anilines is 1. The van der Waals surface area contributed by atoms with E-state index in [0.29, 0.717) is 11.3 Å². The van der Waals surface area contributed by atoms with E-state index >= 15 is 0 Å². The second kappa shape index (κ2) is 5.02. The molecule has 0 unspecified atom stereocenters. The molecule has 20 heavy (non-hydrogen) atoms. The number of fused-ring (bicyclic) bond motifs is 1. The van der Waals surface area contributed by atoms with E-state index in [0.717, 1.165) is 10.2 Å². The van der Waals surface area contributed by atoms with Gasteiger partial charge in [0.25, 0.3) is 5.91 Å². The first kappa shape index (κ1) is 12.7. The Labute approximate surface area is 119 Å². The summed E-state index contributed by atoms with van der Waals surface area (Å²) in [6.07, 6.45) is 0. The highest BCUT2D eigenvalue weighted by atomic mass is 32.1. The fraction of sp³-hybridized carbons (Fsp3) is 0.0667. The van der Waals surface area contributed by atoms with E-state index in [4.69, 9.17) is 0 Å². The Morgan fingerprint density at radius 2 is 2.15 bits per heavy atom.